The lowest BCUT2D eigenvalue weighted by Crippen LogP contribution is -2.14. The van der Waals surface area contributed by atoms with Crippen LogP contribution in [-0.4, -0.2) is 17.6 Å². The summed E-state index contributed by atoms with van der Waals surface area (Å²) in [5.74, 6) is 0.690. The van der Waals surface area contributed by atoms with Gasteiger partial charge in [-0.25, -0.2) is 4.98 Å². The van der Waals surface area contributed by atoms with Gasteiger partial charge < -0.3 is 10.1 Å². The normalized spacial score (nSPS) is 12.2. The first-order chi connectivity index (χ1) is 6.77. The molecular formula is C11H18N2O. The monoisotopic (exact) mass is 194 g/mol. The van der Waals surface area contributed by atoms with Gasteiger partial charge in [0.1, 0.15) is 0 Å². The summed E-state index contributed by atoms with van der Waals surface area (Å²) in [6.07, 6.45) is 2.83. The number of pyridine rings is 1. The van der Waals surface area contributed by atoms with Crippen molar-refractivity contribution in [3.63, 3.8) is 0 Å². The van der Waals surface area contributed by atoms with Gasteiger partial charge in [0.25, 0.3) is 0 Å². The van der Waals surface area contributed by atoms with Crippen LogP contribution in [0, 0.1) is 0 Å². The summed E-state index contributed by atoms with van der Waals surface area (Å²) >= 11 is 0. The molecule has 1 unspecified atom stereocenters. The van der Waals surface area contributed by atoms with Gasteiger partial charge in [0.2, 0.25) is 5.88 Å². The van der Waals surface area contributed by atoms with Gasteiger partial charge in [-0.2, -0.15) is 0 Å². The number of aromatic nitrogens is 1. The average molecular weight is 194 g/mol. The van der Waals surface area contributed by atoms with Crippen molar-refractivity contribution in [2.75, 3.05) is 11.9 Å². The molecule has 0 radical (unpaired) electrons. The largest absolute Gasteiger partial charge is 0.476 e. The number of anilines is 1. The molecule has 14 heavy (non-hydrogen) atoms. The van der Waals surface area contributed by atoms with Gasteiger partial charge in [0.15, 0.2) is 0 Å². The van der Waals surface area contributed by atoms with Gasteiger partial charge in [-0.05, 0) is 32.4 Å². The number of rotatable bonds is 5. The van der Waals surface area contributed by atoms with Crippen LogP contribution in [0.2, 0.25) is 0 Å². The van der Waals surface area contributed by atoms with Crippen LogP contribution in [-0.2, 0) is 0 Å². The minimum Gasteiger partial charge on any atom is -0.476 e. The van der Waals surface area contributed by atoms with Crippen LogP contribution in [0.4, 0.5) is 5.69 Å². The van der Waals surface area contributed by atoms with Crippen molar-refractivity contribution in [1.82, 2.24) is 4.98 Å². The van der Waals surface area contributed by atoms with E-state index in [1.54, 1.807) is 6.20 Å². The minimum absolute atomic E-state index is 0.443. The molecule has 3 nitrogen and oxygen atoms in total. The molecule has 0 amide bonds. The van der Waals surface area contributed by atoms with Crippen molar-refractivity contribution < 1.29 is 4.74 Å². The van der Waals surface area contributed by atoms with Crippen LogP contribution in [0.25, 0.3) is 0 Å². The molecular weight excluding hydrogens is 176 g/mol. The van der Waals surface area contributed by atoms with Crippen molar-refractivity contribution in [1.29, 1.82) is 0 Å². The Labute approximate surface area is 85.5 Å². The molecule has 1 aromatic rings. The van der Waals surface area contributed by atoms with Gasteiger partial charge in [-0.1, -0.05) is 6.92 Å². The zero-order valence-corrected chi connectivity index (χ0v) is 9.08. The maximum atomic E-state index is 5.41. The second-order valence-electron chi connectivity index (χ2n) is 3.24. The highest BCUT2D eigenvalue weighted by Gasteiger charge is 2.05. The number of hydrogen-bond donors (Lipinski definition) is 1. The zero-order chi connectivity index (χ0) is 10.4. The van der Waals surface area contributed by atoms with Gasteiger partial charge >= 0.3 is 0 Å². The summed E-state index contributed by atoms with van der Waals surface area (Å²) in [6.45, 7) is 6.89. The molecule has 0 aliphatic rings. The lowest BCUT2D eigenvalue weighted by Gasteiger charge is -2.15. The Hall–Kier alpha value is -1.25. The minimum atomic E-state index is 0.443. The molecule has 1 atom stereocenters. The summed E-state index contributed by atoms with van der Waals surface area (Å²) in [4.78, 5) is 4.17. The number of nitrogens with zero attached hydrogens (tertiary/aromatic N) is 1. The van der Waals surface area contributed by atoms with E-state index in [9.17, 15) is 0 Å². The highest BCUT2D eigenvalue weighted by atomic mass is 16.5. The summed E-state index contributed by atoms with van der Waals surface area (Å²) in [6, 6.07) is 4.34. The summed E-state index contributed by atoms with van der Waals surface area (Å²) in [5, 5.41) is 3.36. The van der Waals surface area contributed by atoms with Crippen molar-refractivity contribution in [3.05, 3.63) is 18.3 Å². The molecule has 0 spiro atoms. The van der Waals surface area contributed by atoms with Crippen LogP contribution in [0.15, 0.2) is 18.3 Å². The third-order valence-corrected chi connectivity index (χ3v) is 2.07. The molecule has 1 N–H and O–H groups in total. The fraction of sp³-hybridized carbons (Fsp3) is 0.545. The maximum Gasteiger partial charge on any atom is 0.237 e. The Morgan fingerprint density at radius 1 is 1.50 bits per heavy atom. The van der Waals surface area contributed by atoms with Crippen molar-refractivity contribution >= 4 is 5.69 Å². The molecule has 0 saturated heterocycles. The molecule has 1 aromatic heterocycles. The predicted molar refractivity (Wildman–Crippen MR) is 58.8 cm³/mol. The fourth-order valence-electron chi connectivity index (χ4n) is 1.12. The highest BCUT2D eigenvalue weighted by molar-refractivity contribution is 5.52. The van der Waals surface area contributed by atoms with E-state index in [4.69, 9.17) is 4.74 Å². The first-order valence-corrected chi connectivity index (χ1v) is 5.12. The van der Waals surface area contributed by atoms with Crippen LogP contribution in [0.1, 0.15) is 27.2 Å². The van der Waals surface area contributed by atoms with Gasteiger partial charge in [-0.15, -0.1) is 0 Å². The average Bonchev–Trinajstić information content (AvgIpc) is 2.21. The maximum absolute atomic E-state index is 5.41. The third kappa shape index (κ3) is 2.91. The Kier molecular flexibility index (Phi) is 4.23. The highest BCUT2D eigenvalue weighted by Crippen LogP contribution is 2.21. The van der Waals surface area contributed by atoms with Crippen LogP contribution >= 0.6 is 0 Å². The van der Waals surface area contributed by atoms with Crippen LogP contribution in [0.3, 0.4) is 0 Å². The molecule has 0 aromatic carbocycles. The molecule has 0 bridgehead atoms. The van der Waals surface area contributed by atoms with Gasteiger partial charge in [0, 0.05) is 12.2 Å². The van der Waals surface area contributed by atoms with Gasteiger partial charge in [-0.3, -0.25) is 0 Å². The van der Waals surface area contributed by atoms with Crippen molar-refractivity contribution in [3.8, 4) is 5.88 Å². The van der Waals surface area contributed by atoms with E-state index in [-0.39, 0.29) is 0 Å². The first kappa shape index (κ1) is 10.8. The third-order valence-electron chi connectivity index (χ3n) is 2.07. The molecule has 0 aliphatic carbocycles. The fourth-order valence-corrected chi connectivity index (χ4v) is 1.12. The second kappa shape index (κ2) is 5.47. The quantitative estimate of drug-likeness (QED) is 0.782. The van der Waals surface area contributed by atoms with E-state index in [1.165, 1.54) is 0 Å². The zero-order valence-electron chi connectivity index (χ0n) is 9.08. The molecule has 0 fully saturated rings. The van der Waals surface area contributed by atoms with E-state index in [0.717, 1.165) is 12.1 Å². The number of nitrogens with one attached hydrogen (secondary N) is 1. The molecule has 1 rings (SSSR count). The standard InChI is InChI=1S/C11H18N2O/c1-4-9(3)13-10-7-6-8-12-11(10)14-5-2/h6-9,13H,4-5H2,1-3H3. The lowest BCUT2D eigenvalue weighted by atomic mass is 10.2. The number of ether oxygens (including phenoxy) is 1. The summed E-state index contributed by atoms with van der Waals surface area (Å²) in [7, 11) is 0. The Balaban J connectivity index is 2.73. The van der Waals surface area contributed by atoms with E-state index in [2.05, 4.69) is 24.1 Å². The SMILES string of the molecule is CCOc1ncccc1NC(C)CC. The Morgan fingerprint density at radius 2 is 2.29 bits per heavy atom. The molecule has 0 aliphatic heterocycles. The molecule has 1 heterocycles. The topological polar surface area (TPSA) is 34.1 Å². The second-order valence-corrected chi connectivity index (χ2v) is 3.24. The van der Waals surface area contributed by atoms with E-state index in [0.29, 0.717) is 18.5 Å². The summed E-state index contributed by atoms with van der Waals surface area (Å²) < 4.78 is 5.41. The lowest BCUT2D eigenvalue weighted by molar-refractivity contribution is 0.328. The van der Waals surface area contributed by atoms with Crippen LogP contribution < -0.4 is 10.1 Å². The first-order valence-electron chi connectivity index (χ1n) is 5.12. The van der Waals surface area contributed by atoms with E-state index < -0.39 is 0 Å². The predicted octanol–water partition coefficient (Wildman–Crippen LogP) is 2.69. The molecule has 3 heteroatoms. The van der Waals surface area contributed by atoms with E-state index in [1.807, 2.05) is 19.1 Å². The smallest absolute Gasteiger partial charge is 0.237 e. The molecule has 0 saturated carbocycles. The summed E-state index contributed by atoms with van der Waals surface area (Å²) in [5.41, 5.74) is 0.976. The van der Waals surface area contributed by atoms with Gasteiger partial charge in [0.05, 0.1) is 12.3 Å². The van der Waals surface area contributed by atoms with E-state index >= 15 is 0 Å². The van der Waals surface area contributed by atoms with Crippen molar-refractivity contribution in [2.24, 2.45) is 0 Å². The Bertz CT molecular complexity index is 276. The molecule has 78 valence electrons. The van der Waals surface area contributed by atoms with Crippen LogP contribution in [0.5, 0.6) is 5.88 Å². The van der Waals surface area contributed by atoms with Crippen molar-refractivity contribution in [2.45, 2.75) is 33.2 Å². The number of hydrogen-bond acceptors (Lipinski definition) is 3. The Morgan fingerprint density at radius 3 is 2.93 bits per heavy atom.